The van der Waals surface area contributed by atoms with E-state index in [2.05, 4.69) is 15.3 Å². The first kappa shape index (κ1) is 10.5. The number of nitrogens with zero attached hydrogens (tertiary/aromatic N) is 1. The Kier molecular flexibility index (Phi) is 2.95. The third-order valence-corrected chi connectivity index (χ3v) is 3.42. The van der Waals surface area contributed by atoms with Crippen molar-refractivity contribution < 1.29 is 0 Å². The van der Waals surface area contributed by atoms with E-state index in [1.54, 1.807) is 6.20 Å². The molecular formula is C10H14ClN3O. The van der Waals surface area contributed by atoms with Gasteiger partial charge in [-0.3, -0.25) is 4.79 Å². The number of H-pyrrole nitrogens is 1. The minimum atomic E-state index is -0.186. The van der Waals surface area contributed by atoms with Crippen molar-refractivity contribution >= 4 is 17.4 Å². The van der Waals surface area contributed by atoms with Crippen molar-refractivity contribution in [1.82, 2.24) is 9.97 Å². The van der Waals surface area contributed by atoms with E-state index in [9.17, 15) is 4.79 Å². The van der Waals surface area contributed by atoms with Crippen LogP contribution in [0.15, 0.2) is 17.2 Å². The highest BCUT2D eigenvalue weighted by Gasteiger charge is 2.33. The Labute approximate surface area is 93.1 Å². The van der Waals surface area contributed by atoms with Gasteiger partial charge in [0.05, 0.1) is 5.54 Å². The van der Waals surface area contributed by atoms with Gasteiger partial charge in [0, 0.05) is 18.3 Å². The number of halogens is 1. The van der Waals surface area contributed by atoms with Crippen LogP contribution in [0.25, 0.3) is 0 Å². The maximum atomic E-state index is 11.4. The monoisotopic (exact) mass is 227 g/mol. The topological polar surface area (TPSA) is 57.8 Å². The van der Waals surface area contributed by atoms with Crippen LogP contribution in [0.2, 0.25) is 0 Å². The first-order valence-electron chi connectivity index (χ1n) is 5.14. The van der Waals surface area contributed by atoms with Gasteiger partial charge in [0.25, 0.3) is 5.56 Å². The standard InChI is InChI=1S/C10H14ClN3O/c11-7-10(3-1-2-4-10)14-8-9(15)13-6-5-12-8/h5-6H,1-4,7H2,(H,12,14)(H,13,15). The molecule has 1 aliphatic rings. The van der Waals surface area contributed by atoms with Crippen molar-refractivity contribution in [3.05, 3.63) is 22.7 Å². The van der Waals surface area contributed by atoms with Gasteiger partial charge in [0.1, 0.15) is 0 Å². The fraction of sp³-hybridized carbons (Fsp3) is 0.600. The average molecular weight is 228 g/mol. The molecule has 1 aliphatic carbocycles. The molecule has 15 heavy (non-hydrogen) atoms. The molecule has 0 aromatic carbocycles. The number of anilines is 1. The summed E-state index contributed by atoms with van der Waals surface area (Å²) in [6, 6.07) is 0. The molecule has 1 saturated carbocycles. The summed E-state index contributed by atoms with van der Waals surface area (Å²) < 4.78 is 0. The molecule has 0 aliphatic heterocycles. The van der Waals surface area contributed by atoms with Crippen LogP contribution < -0.4 is 10.9 Å². The van der Waals surface area contributed by atoms with Gasteiger partial charge in [-0.2, -0.15) is 0 Å². The minimum Gasteiger partial charge on any atom is -0.359 e. The molecule has 1 heterocycles. The van der Waals surface area contributed by atoms with Crippen LogP contribution in [0.5, 0.6) is 0 Å². The first-order valence-corrected chi connectivity index (χ1v) is 5.67. The Morgan fingerprint density at radius 2 is 2.27 bits per heavy atom. The Bertz CT molecular complexity index is 384. The molecule has 1 aromatic rings. The lowest BCUT2D eigenvalue weighted by Gasteiger charge is -2.27. The molecule has 4 nitrogen and oxygen atoms in total. The third-order valence-electron chi connectivity index (χ3n) is 2.91. The SMILES string of the molecule is O=c1[nH]ccnc1NC1(CCl)CCCC1. The Morgan fingerprint density at radius 1 is 1.53 bits per heavy atom. The van der Waals surface area contributed by atoms with Gasteiger partial charge < -0.3 is 10.3 Å². The molecule has 0 amide bonds. The summed E-state index contributed by atoms with van der Waals surface area (Å²) in [5.74, 6) is 0.892. The molecule has 1 aromatic heterocycles. The van der Waals surface area contributed by atoms with Crippen molar-refractivity contribution in [3.63, 3.8) is 0 Å². The van der Waals surface area contributed by atoms with Gasteiger partial charge in [-0.1, -0.05) is 12.8 Å². The Morgan fingerprint density at radius 3 is 2.87 bits per heavy atom. The molecule has 2 rings (SSSR count). The maximum absolute atomic E-state index is 11.4. The minimum absolute atomic E-state index is 0.136. The molecule has 0 radical (unpaired) electrons. The highest BCUT2D eigenvalue weighted by atomic mass is 35.5. The van der Waals surface area contributed by atoms with Gasteiger partial charge >= 0.3 is 0 Å². The van der Waals surface area contributed by atoms with Crippen LogP contribution in [0.3, 0.4) is 0 Å². The lowest BCUT2D eigenvalue weighted by molar-refractivity contribution is 0.536. The number of hydrogen-bond donors (Lipinski definition) is 2. The zero-order valence-corrected chi connectivity index (χ0v) is 9.18. The molecule has 0 atom stereocenters. The molecular weight excluding hydrogens is 214 g/mol. The van der Waals surface area contributed by atoms with Crippen LogP contribution in [0, 0.1) is 0 Å². The van der Waals surface area contributed by atoms with E-state index in [1.165, 1.54) is 6.20 Å². The van der Waals surface area contributed by atoms with Crippen molar-refractivity contribution in [1.29, 1.82) is 0 Å². The van der Waals surface area contributed by atoms with Crippen molar-refractivity contribution in [2.45, 2.75) is 31.2 Å². The number of aromatic amines is 1. The van der Waals surface area contributed by atoms with Gasteiger partial charge in [0.15, 0.2) is 5.82 Å². The van der Waals surface area contributed by atoms with Crippen LogP contribution in [0.4, 0.5) is 5.82 Å². The average Bonchev–Trinajstić information content (AvgIpc) is 2.71. The molecule has 1 fully saturated rings. The smallest absolute Gasteiger partial charge is 0.290 e. The highest BCUT2D eigenvalue weighted by Crippen LogP contribution is 2.32. The van der Waals surface area contributed by atoms with E-state index >= 15 is 0 Å². The summed E-state index contributed by atoms with van der Waals surface area (Å²) >= 11 is 5.96. The van der Waals surface area contributed by atoms with Crippen LogP contribution in [-0.4, -0.2) is 21.4 Å². The lowest BCUT2D eigenvalue weighted by Crippen LogP contribution is -2.39. The lowest BCUT2D eigenvalue weighted by atomic mass is 10.0. The van der Waals surface area contributed by atoms with Crippen LogP contribution >= 0.6 is 11.6 Å². The van der Waals surface area contributed by atoms with Crippen molar-refractivity contribution in [2.75, 3.05) is 11.2 Å². The fourth-order valence-corrected chi connectivity index (χ4v) is 2.37. The van der Waals surface area contributed by atoms with Crippen LogP contribution in [-0.2, 0) is 0 Å². The number of nitrogens with one attached hydrogen (secondary N) is 2. The Balaban J connectivity index is 2.20. The van der Waals surface area contributed by atoms with Gasteiger partial charge in [0.2, 0.25) is 0 Å². The molecule has 0 unspecified atom stereocenters. The quantitative estimate of drug-likeness (QED) is 0.774. The van der Waals surface area contributed by atoms with E-state index < -0.39 is 0 Å². The summed E-state index contributed by atoms with van der Waals surface area (Å²) in [5.41, 5.74) is -0.322. The van der Waals surface area contributed by atoms with Gasteiger partial charge in [-0.25, -0.2) is 4.98 Å². The van der Waals surface area contributed by atoms with Gasteiger partial charge in [-0.15, -0.1) is 11.6 Å². The molecule has 2 N–H and O–H groups in total. The number of rotatable bonds is 3. The first-order chi connectivity index (χ1) is 7.26. The second-order valence-electron chi connectivity index (χ2n) is 4.01. The molecule has 5 heteroatoms. The van der Waals surface area contributed by atoms with Gasteiger partial charge in [-0.05, 0) is 12.8 Å². The van der Waals surface area contributed by atoms with Crippen LogP contribution in [0.1, 0.15) is 25.7 Å². The summed E-state index contributed by atoms with van der Waals surface area (Å²) in [7, 11) is 0. The second kappa shape index (κ2) is 4.23. The number of aromatic nitrogens is 2. The van der Waals surface area contributed by atoms with E-state index in [4.69, 9.17) is 11.6 Å². The Hall–Kier alpha value is -1.03. The summed E-state index contributed by atoms with van der Waals surface area (Å²) in [4.78, 5) is 18.1. The van der Waals surface area contributed by atoms with Crippen molar-refractivity contribution in [2.24, 2.45) is 0 Å². The van der Waals surface area contributed by atoms with Crippen molar-refractivity contribution in [3.8, 4) is 0 Å². The third kappa shape index (κ3) is 2.15. The number of hydrogen-bond acceptors (Lipinski definition) is 3. The zero-order chi connectivity index (χ0) is 10.7. The van der Waals surface area contributed by atoms with E-state index in [-0.39, 0.29) is 11.1 Å². The molecule has 0 saturated heterocycles. The predicted octanol–water partition coefficient (Wildman–Crippen LogP) is 1.73. The largest absolute Gasteiger partial charge is 0.359 e. The maximum Gasteiger partial charge on any atom is 0.290 e. The normalized spacial score (nSPS) is 19.0. The van der Waals surface area contributed by atoms with E-state index in [1.807, 2.05) is 0 Å². The summed E-state index contributed by atoms with van der Waals surface area (Å²) in [5, 5.41) is 3.19. The second-order valence-corrected chi connectivity index (χ2v) is 4.28. The molecule has 0 spiro atoms. The summed E-state index contributed by atoms with van der Waals surface area (Å²) in [6.07, 6.45) is 7.42. The zero-order valence-electron chi connectivity index (χ0n) is 8.42. The highest BCUT2D eigenvalue weighted by molar-refractivity contribution is 6.18. The molecule has 0 bridgehead atoms. The van der Waals surface area contributed by atoms with E-state index in [0.29, 0.717) is 11.7 Å². The number of alkyl halides is 1. The predicted molar refractivity (Wildman–Crippen MR) is 60.4 cm³/mol. The fourth-order valence-electron chi connectivity index (χ4n) is 2.04. The summed E-state index contributed by atoms with van der Waals surface area (Å²) in [6.45, 7) is 0. The van der Waals surface area contributed by atoms with E-state index in [0.717, 1.165) is 25.7 Å². The molecule has 82 valence electrons.